The number of carbonyl (C=O) groups excluding carboxylic acids is 2. The molecule has 3 N–H and O–H groups in total. The van der Waals surface area contributed by atoms with Crippen LogP contribution in [-0.4, -0.2) is 34.8 Å². The molecule has 2 heterocycles. The van der Waals surface area contributed by atoms with Gasteiger partial charge in [0.05, 0.1) is 5.92 Å². The van der Waals surface area contributed by atoms with Gasteiger partial charge in [0.1, 0.15) is 4.34 Å². The minimum atomic E-state index is -0.209. The van der Waals surface area contributed by atoms with E-state index in [2.05, 4.69) is 20.6 Å². The van der Waals surface area contributed by atoms with E-state index < -0.39 is 0 Å². The van der Waals surface area contributed by atoms with Crippen molar-refractivity contribution in [1.82, 2.24) is 9.88 Å². The van der Waals surface area contributed by atoms with Gasteiger partial charge in [0.25, 0.3) is 5.91 Å². The van der Waals surface area contributed by atoms with Crippen molar-refractivity contribution >= 4 is 40.6 Å². The molecule has 6 nitrogen and oxygen atoms in total. The SMILES string of the molecule is Cc1csc(SCc2ccc(C(=O)Nc3ccc(CN4CCCC(C(N)=O)C4)cc3)cc2)n1. The first-order valence-corrected chi connectivity index (χ1v) is 12.9. The summed E-state index contributed by atoms with van der Waals surface area (Å²) in [5, 5.41) is 5.01. The van der Waals surface area contributed by atoms with Crippen molar-refractivity contribution in [3.63, 3.8) is 0 Å². The highest BCUT2D eigenvalue weighted by molar-refractivity contribution is 8.00. The number of nitrogens with one attached hydrogen (secondary N) is 1. The quantitative estimate of drug-likeness (QED) is 0.457. The zero-order chi connectivity index (χ0) is 23.2. The third-order valence-electron chi connectivity index (χ3n) is 5.70. The minimum Gasteiger partial charge on any atom is -0.369 e. The molecule has 172 valence electrons. The van der Waals surface area contributed by atoms with Crippen molar-refractivity contribution in [2.45, 2.75) is 36.4 Å². The van der Waals surface area contributed by atoms with Gasteiger partial charge in [-0.2, -0.15) is 0 Å². The number of benzene rings is 2. The normalized spacial score (nSPS) is 16.5. The third-order valence-corrected chi connectivity index (χ3v) is 7.91. The van der Waals surface area contributed by atoms with E-state index >= 15 is 0 Å². The molecule has 2 aromatic carbocycles. The van der Waals surface area contributed by atoms with Crippen molar-refractivity contribution < 1.29 is 9.59 Å². The number of hydrogen-bond acceptors (Lipinski definition) is 6. The van der Waals surface area contributed by atoms with Gasteiger partial charge in [0.15, 0.2) is 0 Å². The van der Waals surface area contributed by atoms with Gasteiger partial charge < -0.3 is 11.1 Å². The van der Waals surface area contributed by atoms with Crippen LogP contribution >= 0.6 is 23.1 Å². The average Bonchev–Trinajstić information content (AvgIpc) is 3.24. The molecule has 0 spiro atoms. The monoisotopic (exact) mass is 480 g/mol. The van der Waals surface area contributed by atoms with Gasteiger partial charge in [-0.05, 0) is 61.7 Å². The van der Waals surface area contributed by atoms with Gasteiger partial charge in [0.2, 0.25) is 5.91 Å². The lowest BCUT2D eigenvalue weighted by Crippen LogP contribution is -2.40. The van der Waals surface area contributed by atoms with E-state index in [1.807, 2.05) is 55.5 Å². The Bertz CT molecular complexity index is 1100. The van der Waals surface area contributed by atoms with Crippen LogP contribution in [0, 0.1) is 12.8 Å². The summed E-state index contributed by atoms with van der Waals surface area (Å²) < 4.78 is 1.06. The lowest BCUT2D eigenvalue weighted by atomic mass is 9.97. The smallest absolute Gasteiger partial charge is 0.255 e. The predicted octanol–water partition coefficient (Wildman–Crippen LogP) is 4.69. The van der Waals surface area contributed by atoms with Crippen molar-refractivity contribution in [1.29, 1.82) is 0 Å². The topological polar surface area (TPSA) is 88.3 Å². The largest absolute Gasteiger partial charge is 0.369 e. The number of carbonyl (C=O) groups is 2. The Morgan fingerprint density at radius 2 is 1.88 bits per heavy atom. The van der Waals surface area contributed by atoms with Crippen LogP contribution in [-0.2, 0) is 17.1 Å². The zero-order valence-electron chi connectivity index (χ0n) is 18.6. The Hall–Kier alpha value is -2.68. The van der Waals surface area contributed by atoms with Gasteiger partial charge in [-0.3, -0.25) is 14.5 Å². The lowest BCUT2D eigenvalue weighted by molar-refractivity contribution is -0.123. The molecule has 0 saturated carbocycles. The number of aromatic nitrogens is 1. The molecule has 1 fully saturated rings. The maximum absolute atomic E-state index is 12.6. The minimum absolute atomic E-state index is 0.0566. The highest BCUT2D eigenvalue weighted by Crippen LogP contribution is 2.26. The fraction of sp³-hybridized carbons (Fsp3) is 0.320. The molecule has 1 saturated heterocycles. The van der Waals surface area contributed by atoms with Crippen LogP contribution in [0.25, 0.3) is 0 Å². The molecule has 1 atom stereocenters. The number of thiazole rings is 1. The summed E-state index contributed by atoms with van der Waals surface area (Å²) in [7, 11) is 0. The number of hydrogen-bond donors (Lipinski definition) is 2. The summed E-state index contributed by atoms with van der Waals surface area (Å²) in [4.78, 5) is 30.8. The van der Waals surface area contributed by atoms with Crippen LogP contribution in [0.5, 0.6) is 0 Å². The Kier molecular flexibility index (Phi) is 7.80. The van der Waals surface area contributed by atoms with Crippen LogP contribution in [0.4, 0.5) is 5.69 Å². The summed E-state index contributed by atoms with van der Waals surface area (Å²) in [6, 6.07) is 15.6. The standard InChI is InChI=1S/C25H28N4O2S2/c1-17-15-32-25(27-17)33-16-19-4-8-20(9-5-19)24(31)28-22-10-6-18(7-11-22)13-29-12-2-3-21(14-29)23(26)30/h4-11,15,21H,2-3,12-14,16H2,1H3,(H2,26,30)(H,28,31). The number of nitrogens with zero attached hydrogens (tertiary/aromatic N) is 2. The molecule has 33 heavy (non-hydrogen) atoms. The van der Waals surface area contributed by atoms with E-state index in [9.17, 15) is 9.59 Å². The highest BCUT2D eigenvalue weighted by Gasteiger charge is 2.23. The molecule has 4 rings (SSSR count). The average molecular weight is 481 g/mol. The van der Waals surface area contributed by atoms with Gasteiger partial charge in [-0.1, -0.05) is 36.0 Å². The lowest BCUT2D eigenvalue weighted by Gasteiger charge is -2.31. The summed E-state index contributed by atoms with van der Waals surface area (Å²) in [6.45, 7) is 4.46. The Balaban J connectivity index is 1.28. The number of anilines is 1. The molecule has 3 aromatic rings. The van der Waals surface area contributed by atoms with E-state index in [0.29, 0.717) is 12.1 Å². The Morgan fingerprint density at radius 1 is 1.15 bits per heavy atom. The molecule has 0 bridgehead atoms. The van der Waals surface area contributed by atoms with E-state index in [0.717, 1.165) is 58.5 Å². The number of likely N-dealkylation sites (tertiary alicyclic amines) is 1. The van der Waals surface area contributed by atoms with Crippen molar-refractivity contribution in [3.05, 3.63) is 76.3 Å². The predicted molar refractivity (Wildman–Crippen MR) is 134 cm³/mol. The van der Waals surface area contributed by atoms with Gasteiger partial charge in [-0.25, -0.2) is 4.98 Å². The highest BCUT2D eigenvalue weighted by atomic mass is 32.2. The van der Waals surface area contributed by atoms with Gasteiger partial charge in [0, 0.05) is 41.2 Å². The maximum atomic E-state index is 12.6. The second-order valence-electron chi connectivity index (χ2n) is 8.37. The van der Waals surface area contributed by atoms with Crippen molar-refractivity contribution in [3.8, 4) is 0 Å². The summed E-state index contributed by atoms with van der Waals surface area (Å²) in [5.41, 5.74) is 10.2. The second-order valence-corrected chi connectivity index (χ2v) is 10.4. The van der Waals surface area contributed by atoms with Gasteiger partial charge >= 0.3 is 0 Å². The molecule has 0 aliphatic carbocycles. The number of thioether (sulfide) groups is 1. The van der Waals surface area contributed by atoms with Gasteiger partial charge in [-0.15, -0.1) is 11.3 Å². The number of aryl methyl sites for hydroxylation is 1. The van der Waals surface area contributed by atoms with Crippen molar-refractivity contribution in [2.24, 2.45) is 11.7 Å². The molecule has 2 amide bonds. The van der Waals surface area contributed by atoms with E-state index in [1.54, 1.807) is 23.1 Å². The van der Waals surface area contributed by atoms with Crippen LogP contribution < -0.4 is 11.1 Å². The molecule has 0 radical (unpaired) electrons. The first kappa shape index (κ1) is 23.5. The van der Waals surface area contributed by atoms with Crippen molar-refractivity contribution in [2.75, 3.05) is 18.4 Å². The summed E-state index contributed by atoms with van der Waals surface area (Å²) in [6.07, 6.45) is 1.87. The number of piperidine rings is 1. The van der Waals surface area contributed by atoms with Crippen LogP contribution in [0.3, 0.4) is 0 Å². The molecular formula is C25H28N4O2S2. The Morgan fingerprint density at radius 3 is 2.55 bits per heavy atom. The Labute approximate surface area is 202 Å². The zero-order valence-corrected chi connectivity index (χ0v) is 20.3. The van der Waals surface area contributed by atoms with E-state index in [-0.39, 0.29) is 17.7 Å². The first-order chi connectivity index (χ1) is 16.0. The molecule has 1 aromatic heterocycles. The third kappa shape index (κ3) is 6.66. The number of rotatable bonds is 8. The first-order valence-electron chi connectivity index (χ1n) is 11.0. The number of amides is 2. The van der Waals surface area contributed by atoms with E-state index in [1.165, 1.54) is 0 Å². The molecule has 1 aliphatic heterocycles. The molecule has 8 heteroatoms. The number of primary amides is 1. The summed E-state index contributed by atoms with van der Waals surface area (Å²) >= 11 is 3.36. The fourth-order valence-electron chi connectivity index (χ4n) is 3.88. The number of nitrogens with two attached hydrogens (primary N) is 1. The molecule has 1 unspecified atom stereocenters. The second kappa shape index (κ2) is 11.0. The fourth-order valence-corrected chi connectivity index (χ4v) is 5.69. The maximum Gasteiger partial charge on any atom is 0.255 e. The molecule has 1 aliphatic rings. The molecular weight excluding hydrogens is 452 g/mol. The van der Waals surface area contributed by atoms with E-state index in [4.69, 9.17) is 5.73 Å². The van der Waals surface area contributed by atoms with Crippen LogP contribution in [0.2, 0.25) is 0 Å². The summed E-state index contributed by atoms with van der Waals surface area (Å²) in [5.74, 6) is 0.434. The van der Waals surface area contributed by atoms with Crippen LogP contribution in [0.1, 0.15) is 40.0 Å². The van der Waals surface area contributed by atoms with Crippen LogP contribution in [0.15, 0.2) is 58.3 Å².